The van der Waals surface area contributed by atoms with E-state index in [0.717, 1.165) is 24.0 Å². The predicted octanol–water partition coefficient (Wildman–Crippen LogP) is 4.08. The average Bonchev–Trinajstić information content (AvgIpc) is 2.73. The fourth-order valence-electron chi connectivity index (χ4n) is 5.00. The lowest BCUT2D eigenvalue weighted by Crippen LogP contribution is -2.52. The monoisotopic (exact) mass is 356 g/mol. The molecule has 0 aromatic heterocycles. The molecule has 0 aromatic rings. The molecule has 0 bridgehead atoms. The topological polar surface area (TPSA) is 44.8 Å². The number of carbonyl (C=O) groups is 1. The van der Waals surface area contributed by atoms with E-state index in [0.29, 0.717) is 24.2 Å². The second-order valence-electron chi connectivity index (χ2n) is 7.91. The summed E-state index contributed by atoms with van der Waals surface area (Å²) in [5.41, 5.74) is 0.125. The molecule has 8 unspecified atom stereocenters. The molecule has 3 aliphatic rings. The van der Waals surface area contributed by atoms with Crippen LogP contribution in [0.2, 0.25) is 0 Å². The average molecular weight is 357 g/mol. The van der Waals surface area contributed by atoms with Crippen molar-refractivity contribution in [3.05, 3.63) is 0 Å². The van der Waals surface area contributed by atoms with Crippen LogP contribution in [0.4, 0.5) is 0 Å². The first kappa shape index (κ1) is 18.5. The molecule has 0 aromatic carbocycles. The Morgan fingerprint density at radius 2 is 1.83 bits per heavy atom. The minimum absolute atomic E-state index is 0.0629. The van der Waals surface area contributed by atoms with Gasteiger partial charge in [0.05, 0.1) is 19.6 Å². The van der Waals surface area contributed by atoms with Crippen LogP contribution in [0.1, 0.15) is 52.9 Å². The van der Waals surface area contributed by atoms with Gasteiger partial charge in [-0.05, 0) is 49.9 Å². The van der Waals surface area contributed by atoms with Gasteiger partial charge in [-0.3, -0.25) is 4.79 Å². The molecule has 8 atom stereocenters. The van der Waals surface area contributed by atoms with Crippen molar-refractivity contribution in [2.45, 2.75) is 70.7 Å². The Kier molecular flexibility index (Phi) is 6.15. The van der Waals surface area contributed by atoms with Crippen LogP contribution >= 0.6 is 11.8 Å². The second-order valence-corrected chi connectivity index (χ2v) is 9.12. The molecule has 5 heteroatoms. The van der Waals surface area contributed by atoms with Crippen LogP contribution in [-0.2, 0) is 19.0 Å². The Morgan fingerprint density at radius 1 is 1.08 bits per heavy atom. The van der Waals surface area contributed by atoms with Gasteiger partial charge in [-0.1, -0.05) is 20.3 Å². The summed E-state index contributed by atoms with van der Waals surface area (Å²) in [5, 5.41) is 0. The van der Waals surface area contributed by atoms with E-state index in [-0.39, 0.29) is 23.8 Å². The van der Waals surface area contributed by atoms with E-state index >= 15 is 0 Å². The van der Waals surface area contributed by atoms with E-state index in [1.54, 1.807) is 11.8 Å². The minimum atomic E-state index is -0.144. The molecule has 1 saturated carbocycles. The molecule has 24 heavy (non-hydrogen) atoms. The summed E-state index contributed by atoms with van der Waals surface area (Å²) in [6, 6.07) is 0. The molecule has 0 radical (unpaired) electrons. The largest absolute Gasteiger partial charge is 0.469 e. The molecule has 0 spiro atoms. The number of esters is 1. The number of hydrogen-bond acceptors (Lipinski definition) is 5. The lowest BCUT2D eigenvalue weighted by molar-refractivity contribution is -0.258. The number of thioether (sulfide) groups is 1. The third-order valence-electron chi connectivity index (χ3n) is 6.45. The van der Waals surface area contributed by atoms with Crippen LogP contribution in [0.5, 0.6) is 0 Å². The van der Waals surface area contributed by atoms with E-state index in [1.807, 2.05) is 0 Å². The summed E-state index contributed by atoms with van der Waals surface area (Å²) < 4.78 is 17.5. The predicted molar refractivity (Wildman–Crippen MR) is 95.6 cm³/mol. The van der Waals surface area contributed by atoms with Crippen LogP contribution in [0, 0.1) is 29.6 Å². The van der Waals surface area contributed by atoms with Gasteiger partial charge in [0.25, 0.3) is 0 Å². The summed E-state index contributed by atoms with van der Waals surface area (Å²) >= 11 is 1.76. The van der Waals surface area contributed by atoms with Crippen LogP contribution in [-0.4, -0.2) is 36.7 Å². The SMILES string of the molecule is COC(=O)CCSC1OC2OC(C)CCC3C(C)CCC(C1C)C23. The van der Waals surface area contributed by atoms with Gasteiger partial charge in [0.2, 0.25) is 0 Å². The first-order valence-corrected chi connectivity index (χ1v) is 10.6. The maximum Gasteiger partial charge on any atom is 0.306 e. The fraction of sp³-hybridized carbons (Fsp3) is 0.947. The van der Waals surface area contributed by atoms with Crippen molar-refractivity contribution in [1.29, 1.82) is 0 Å². The van der Waals surface area contributed by atoms with Gasteiger partial charge in [0.1, 0.15) is 5.44 Å². The van der Waals surface area contributed by atoms with Crippen molar-refractivity contribution in [1.82, 2.24) is 0 Å². The number of ether oxygens (including phenoxy) is 3. The maximum absolute atomic E-state index is 11.4. The summed E-state index contributed by atoms with van der Waals surface area (Å²) in [6.45, 7) is 6.92. The number of carbonyl (C=O) groups excluding carboxylic acids is 1. The van der Waals surface area contributed by atoms with E-state index < -0.39 is 0 Å². The second kappa shape index (κ2) is 7.96. The van der Waals surface area contributed by atoms with Crippen LogP contribution in [0.15, 0.2) is 0 Å². The fourth-order valence-corrected chi connectivity index (χ4v) is 6.21. The molecule has 0 N–H and O–H groups in total. The molecule has 2 aliphatic heterocycles. The Labute approximate surface area is 150 Å². The van der Waals surface area contributed by atoms with Gasteiger partial charge < -0.3 is 14.2 Å². The highest BCUT2D eigenvalue weighted by Crippen LogP contribution is 2.53. The van der Waals surface area contributed by atoms with E-state index in [4.69, 9.17) is 14.2 Å². The first-order chi connectivity index (χ1) is 11.5. The zero-order valence-electron chi connectivity index (χ0n) is 15.4. The molecule has 1 aliphatic carbocycles. The summed E-state index contributed by atoms with van der Waals surface area (Å²) in [5.74, 6) is 3.87. The third kappa shape index (κ3) is 3.78. The Hall–Kier alpha value is -0.260. The minimum Gasteiger partial charge on any atom is -0.469 e. The quantitative estimate of drug-likeness (QED) is 0.710. The molecule has 2 heterocycles. The summed E-state index contributed by atoms with van der Waals surface area (Å²) in [6.07, 6.45) is 5.70. The number of methoxy groups -OCH3 is 1. The molecule has 3 fully saturated rings. The molecule has 2 saturated heterocycles. The Balaban J connectivity index is 1.70. The Bertz CT molecular complexity index is 443. The molecular formula is C19H32O4S. The van der Waals surface area contributed by atoms with Gasteiger partial charge >= 0.3 is 5.97 Å². The normalized spacial score (nSPS) is 45.2. The lowest BCUT2D eigenvalue weighted by atomic mass is 9.61. The van der Waals surface area contributed by atoms with Gasteiger partial charge in [-0.2, -0.15) is 0 Å². The maximum atomic E-state index is 11.4. The van der Waals surface area contributed by atoms with Crippen molar-refractivity contribution >= 4 is 17.7 Å². The molecule has 138 valence electrons. The molecular weight excluding hydrogens is 324 g/mol. The molecule has 3 rings (SSSR count). The first-order valence-electron chi connectivity index (χ1n) is 9.50. The van der Waals surface area contributed by atoms with E-state index in [9.17, 15) is 4.79 Å². The van der Waals surface area contributed by atoms with E-state index in [2.05, 4.69) is 20.8 Å². The van der Waals surface area contributed by atoms with Crippen molar-refractivity contribution in [2.24, 2.45) is 29.6 Å². The zero-order valence-corrected chi connectivity index (χ0v) is 16.2. The lowest BCUT2D eigenvalue weighted by Gasteiger charge is -2.52. The van der Waals surface area contributed by atoms with E-state index in [1.165, 1.54) is 26.4 Å². The highest BCUT2D eigenvalue weighted by atomic mass is 32.2. The number of rotatable bonds is 4. The highest BCUT2D eigenvalue weighted by Gasteiger charge is 2.52. The van der Waals surface area contributed by atoms with Crippen molar-refractivity contribution in [3.8, 4) is 0 Å². The van der Waals surface area contributed by atoms with Crippen molar-refractivity contribution < 1.29 is 19.0 Å². The summed E-state index contributed by atoms with van der Waals surface area (Å²) in [4.78, 5) is 11.4. The standard InChI is InChI=1S/C19H32O4S/c1-11-5-7-15-13(3)19(24-10-9-16(20)21-4)23-18-17(15)14(11)8-6-12(2)22-18/h11-15,17-19H,5-10H2,1-4H3. The Morgan fingerprint density at radius 3 is 2.58 bits per heavy atom. The van der Waals surface area contributed by atoms with Gasteiger partial charge in [0, 0.05) is 11.7 Å². The molecule has 0 amide bonds. The van der Waals surface area contributed by atoms with Gasteiger partial charge in [-0.15, -0.1) is 11.8 Å². The van der Waals surface area contributed by atoms with Crippen LogP contribution in [0.25, 0.3) is 0 Å². The van der Waals surface area contributed by atoms with Crippen LogP contribution < -0.4 is 0 Å². The highest BCUT2D eigenvalue weighted by molar-refractivity contribution is 7.99. The third-order valence-corrected chi connectivity index (χ3v) is 7.76. The zero-order chi connectivity index (χ0) is 17.3. The number of hydrogen-bond donors (Lipinski definition) is 0. The van der Waals surface area contributed by atoms with Crippen molar-refractivity contribution in [3.63, 3.8) is 0 Å². The van der Waals surface area contributed by atoms with Crippen molar-refractivity contribution in [2.75, 3.05) is 12.9 Å². The van der Waals surface area contributed by atoms with Gasteiger partial charge in [-0.25, -0.2) is 0 Å². The molecule has 4 nitrogen and oxygen atoms in total. The smallest absolute Gasteiger partial charge is 0.306 e. The van der Waals surface area contributed by atoms with Crippen LogP contribution in [0.3, 0.4) is 0 Å². The van der Waals surface area contributed by atoms with Gasteiger partial charge in [0.15, 0.2) is 6.29 Å². The summed E-state index contributed by atoms with van der Waals surface area (Å²) in [7, 11) is 1.45.